The predicted molar refractivity (Wildman–Crippen MR) is 85.2 cm³/mol. The first-order chi connectivity index (χ1) is 9.52. The average molecular weight is 316 g/mol. The van der Waals surface area contributed by atoms with Crippen molar-refractivity contribution in [2.75, 3.05) is 6.54 Å². The van der Waals surface area contributed by atoms with Crippen molar-refractivity contribution in [1.82, 2.24) is 0 Å². The maximum atomic E-state index is 10.8. The number of hydrogen-bond acceptors (Lipinski definition) is 2. The molecule has 112 valence electrons. The average Bonchev–Trinajstić information content (AvgIpc) is 2.49. The Morgan fingerprint density at radius 2 is 1.95 bits per heavy atom. The molecule has 0 radical (unpaired) electrons. The highest BCUT2D eigenvalue weighted by Crippen LogP contribution is 2.48. The van der Waals surface area contributed by atoms with Crippen LogP contribution in [-0.2, 0) is 0 Å². The lowest BCUT2D eigenvalue weighted by Gasteiger charge is -2.43. The first kappa shape index (κ1) is 16.1. The van der Waals surface area contributed by atoms with Crippen LogP contribution in [0.15, 0.2) is 18.2 Å². The van der Waals surface area contributed by atoms with Crippen LogP contribution >= 0.6 is 23.2 Å². The molecule has 0 heterocycles. The van der Waals surface area contributed by atoms with Crippen molar-refractivity contribution in [2.45, 2.75) is 45.1 Å². The largest absolute Gasteiger partial charge is 0.388 e. The topological polar surface area (TPSA) is 46.2 Å². The quantitative estimate of drug-likeness (QED) is 0.854. The maximum absolute atomic E-state index is 10.8. The van der Waals surface area contributed by atoms with Crippen molar-refractivity contribution in [3.05, 3.63) is 33.8 Å². The molecule has 1 fully saturated rings. The fourth-order valence-electron chi connectivity index (χ4n) is 3.29. The van der Waals surface area contributed by atoms with Crippen LogP contribution in [0.25, 0.3) is 0 Å². The number of hydrogen-bond donors (Lipinski definition) is 2. The summed E-state index contributed by atoms with van der Waals surface area (Å²) in [6.45, 7) is 2.74. The summed E-state index contributed by atoms with van der Waals surface area (Å²) in [4.78, 5) is 0. The van der Waals surface area contributed by atoms with Gasteiger partial charge >= 0.3 is 0 Å². The van der Waals surface area contributed by atoms with E-state index in [1.165, 1.54) is 6.42 Å². The Hall–Kier alpha value is -0.280. The van der Waals surface area contributed by atoms with Gasteiger partial charge in [-0.2, -0.15) is 0 Å². The number of rotatable bonds is 4. The van der Waals surface area contributed by atoms with E-state index in [1.807, 2.05) is 6.07 Å². The van der Waals surface area contributed by atoms with E-state index < -0.39 is 6.10 Å². The second-order valence-electron chi connectivity index (χ2n) is 5.99. The molecular weight excluding hydrogens is 293 g/mol. The molecular formula is C16H23Cl2NO. The maximum Gasteiger partial charge on any atom is 0.0858 e. The Bertz CT molecular complexity index is 456. The van der Waals surface area contributed by atoms with E-state index in [0.717, 1.165) is 37.2 Å². The van der Waals surface area contributed by atoms with Gasteiger partial charge in [0.25, 0.3) is 0 Å². The minimum atomic E-state index is -0.569. The van der Waals surface area contributed by atoms with Crippen LogP contribution in [0.4, 0.5) is 0 Å². The molecule has 0 bridgehead atoms. The van der Waals surface area contributed by atoms with Gasteiger partial charge in [0.1, 0.15) is 0 Å². The van der Waals surface area contributed by atoms with Gasteiger partial charge in [-0.3, -0.25) is 0 Å². The molecule has 0 saturated heterocycles. The molecule has 1 saturated carbocycles. The van der Waals surface area contributed by atoms with E-state index in [2.05, 4.69) is 6.92 Å². The molecule has 0 amide bonds. The van der Waals surface area contributed by atoms with Crippen LogP contribution < -0.4 is 5.73 Å². The molecule has 1 unspecified atom stereocenters. The molecule has 1 atom stereocenters. The molecule has 1 aliphatic carbocycles. The Morgan fingerprint density at radius 3 is 2.45 bits per heavy atom. The smallest absolute Gasteiger partial charge is 0.0858 e. The van der Waals surface area contributed by atoms with Crippen molar-refractivity contribution in [3.8, 4) is 0 Å². The Kier molecular flexibility index (Phi) is 5.36. The Balaban J connectivity index is 2.20. The summed E-state index contributed by atoms with van der Waals surface area (Å²) >= 11 is 12.0. The van der Waals surface area contributed by atoms with Crippen molar-refractivity contribution >= 4 is 23.2 Å². The van der Waals surface area contributed by atoms with Gasteiger partial charge < -0.3 is 10.8 Å². The molecule has 4 heteroatoms. The van der Waals surface area contributed by atoms with E-state index in [4.69, 9.17) is 28.9 Å². The first-order valence-corrected chi connectivity index (χ1v) is 8.11. The van der Waals surface area contributed by atoms with E-state index in [9.17, 15) is 5.11 Å². The molecule has 2 rings (SSSR count). The zero-order valence-electron chi connectivity index (χ0n) is 11.9. The van der Waals surface area contributed by atoms with Crippen LogP contribution in [0.1, 0.15) is 50.7 Å². The molecule has 3 N–H and O–H groups in total. The molecule has 20 heavy (non-hydrogen) atoms. The lowest BCUT2D eigenvalue weighted by Crippen LogP contribution is -2.40. The van der Waals surface area contributed by atoms with Gasteiger partial charge in [0, 0.05) is 12.0 Å². The first-order valence-electron chi connectivity index (χ1n) is 7.35. The summed E-state index contributed by atoms with van der Waals surface area (Å²) in [7, 11) is 0. The van der Waals surface area contributed by atoms with E-state index in [0.29, 0.717) is 16.6 Å². The number of halogens is 2. The standard InChI is InChI=1S/C16H23Cl2NO/c1-2-11-5-7-16(10-19,8-6-11)15(20)12-3-4-13(17)14(18)9-12/h3-4,9,11,15,20H,2,5-8,10,19H2,1H3. The summed E-state index contributed by atoms with van der Waals surface area (Å²) in [5.74, 6) is 0.774. The molecule has 0 aliphatic heterocycles. The molecule has 0 spiro atoms. The highest BCUT2D eigenvalue weighted by atomic mass is 35.5. The summed E-state index contributed by atoms with van der Waals surface area (Å²) in [6, 6.07) is 5.35. The third kappa shape index (κ3) is 3.14. The molecule has 1 aromatic rings. The van der Waals surface area contributed by atoms with Crippen molar-refractivity contribution in [1.29, 1.82) is 0 Å². The van der Waals surface area contributed by atoms with E-state index >= 15 is 0 Å². The summed E-state index contributed by atoms with van der Waals surface area (Å²) in [5.41, 5.74) is 6.61. The van der Waals surface area contributed by atoms with Gasteiger partial charge in [0.15, 0.2) is 0 Å². The number of nitrogens with two attached hydrogens (primary N) is 1. The van der Waals surface area contributed by atoms with Gasteiger partial charge in [0.05, 0.1) is 16.1 Å². The molecule has 1 aromatic carbocycles. The van der Waals surface area contributed by atoms with E-state index in [-0.39, 0.29) is 5.41 Å². The van der Waals surface area contributed by atoms with Crippen LogP contribution in [0.3, 0.4) is 0 Å². The van der Waals surface area contributed by atoms with Crippen molar-refractivity contribution < 1.29 is 5.11 Å². The van der Waals surface area contributed by atoms with E-state index in [1.54, 1.807) is 12.1 Å². The van der Waals surface area contributed by atoms with Gasteiger partial charge in [-0.1, -0.05) is 42.6 Å². The normalized spacial score (nSPS) is 28.4. The Morgan fingerprint density at radius 1 is 1.30 bits per heavy atom. The minimum Gasteiger partial charge on any atom is -0.388 e. The van der Waals surface area contributed by atoms with Gasteiger partial charge in [-0.15, -0.1) is 0 Å². The highest BCUT2D eigenvalue weighted by Gasteiger charge is 2.40. The molecule has 2 nitrogen and oxygen atoms in total. The predicted octanol–water partition coefficient (Wildman–Crippen LogP) is 4.57. The second kappa shape index (κ2) is 6.65. The van der Waals surface area contributed by atoms with Crippen molar-refractivity contribution in [2.24, 2.45) is 17.1 Å². The van der Waals surface area contributed by atoms with Crippen molar-refractivity contribution in [3.63, 3.8) is 0 Å². The highest BCUT2D eigenvalue weighted by molar-refractivity contribution is 6.42. The Labute approximate surface area is 131 Å². The van der Waals surface area contributed by atoms with Crippen LogP contribution in [0.5, 0.6) is 0 Å². The monoisotopic (exact) mass is 315 g/mol. The third-order valence-electron chi connectivity index (χ3n) is 4.92. The lowest BCUT2D eigenvalue weighted by atomic mass is 9.65. The van der Waals surface area contributed by atoms with Crippen LogP contribution in [0.2, 0.25) is 10.0 Å². The van der Waals surface area contributed by atoms with Gasteiger partial charge in [0.2, 0.25) is 0 Å². The number of aliphatic hydroxyl groups excluding tert-OH is 1. The fraction of sp³-hybridized carbons (Fsp3) is 0.625. The SMILES string of the molecule is CCC1CCC(CN)(C(O)c2ccc(Cl)c(Cl)c2)CC1. The minimum absolute atomic E-state index is 0.219. The number of aliphatic hydroxyl groups is 1. The summed E-state index contributed by atoms with van der Waals surface area (Å²) in [5, 5.41) is 11.8. The van der Waals surface area contributed by atoms with Crippen LogP contribution in [0, 0.1) is 11.3 Å². The van der Waals surface area contributed by atoms with Gasteiger partial charge in [-0.25, -0.2) is 0 Å². The third-order valence-corrected chi connectivity index (χ3v) is 5.66. The molecule has 1 aliphatic rings. The zero-order valence-corrected chi connectivity index (χ0v) is 13.4. The fourth-order valence-corrected chi connectivity index (χ4v) is 3.59. The van der Waals surface area contributed by atoms with Crippen LogP contribution in [-0.4, -0.2) is 11.7 Å². The zero-order chi connectivity index (χ0) is 14.8. The lowest BCUT2D eigenvalue weighted by molar-refractivity contribution is -0.0103. The summed E-state index contributed by atoms with van der Waals surface area (Å²) in [6.07, 6.45) is 4.88. The summed E-state index contributed by atoms with van der Waals surface area (Å²) < 4.78 is 0. The molecule has 0 aromatic heterocycles. The van der Waals surface area contributed by atoms with Gasteiger partial charge in [-0.05, 0) is 49.3 Å². The number of benzene rings is 1. The second-order valence-corrected chi connectivity index (χ2v) is 6.81.